The topological polar surface area (TPSA) is 0 Å². The molecule has 0 nitrogen and oxygen atoms in total. The van der Waals surface area contributed by atoms with Crippen molar-refractivity contribution < 1.29 is 22.0 Å². The zero-order valence-electron chi connectivity index (χ0n) is 11.3. The molecule has 0 aromatic carbocycles. The highest BCUT2D eigenvalue weighted by atomic mass is 19.4. The Bertz CT molecular complexity index is 220. The van der Waals surface area contributed by atoms with Crippen LogP contribution in [-0.2, 0) is 0 Å². The van der Waals surface area contributed by atoms with Crippen molar-refractivity contribution in [3.8, 4) is 0 Å². The van der Waals surface area contributed by atoms with Crippen LogP contribution in [0, 0.1) is 11.8 Å². The standard InChI is InChI=1S/C13H23F5/c1-10(2)9-12(14,15)8-6-11(3)5-4-7-13(16,17)18/h10-11H,4-9H2,1-3H3. The summed E-state index contributed by atoms with van der Waals surface area (Å²) in [7, 11) is 0. The van der Waals surface area contributed by atoms with Crippen LogP contribution >= 0.6 is 0 Å². The zero-order valence-corrected chi connectivity index (χ0v) is 11.3. The van der Waals surface area contributed by atoms with Gasteiger partial charge in [0.25, 0.3) is 0 Å². The summed E-state index contributed by atoms with van der Waals surface area (Å²) in [4.78, 5) is 0. The fraction of sp³-hybridized carbons (Fsp3) is 1.00. The van der Waals surface area contributed by atoms with Crippen LogP contribution in [0.25, 0.3) is 0 Å². The van der Waals surface area contributed by atoms with Gasteiger partial charge in [-0.15, -0.1) is 0 Å². The third-order valence-corrected chi connectivity index (χ3v) is 2.87. The van der Waals surface area contributed by atoms with Crippen LogP contribution in [0.3, 0.4) is 0 Å². The van der Waals surface area contributed by atoms with Crippen LogP contribution in [-0.4, -0.2) is 12.1 Å². The Balaban J connectivity index is 3.79. The van der Waals surface area contributed by atoms with Crippen molar-refractivity contribution in [3.63, 3.8) is 0 Å². The molecular weight excluding hydrogens is 251 g/mol. The Kier molecular flexibility index (Phi) is 7.15. The van der Waals surface area contributed by atoms with Gasteiger partial charge in [-0.05, 0) is 24.7 Å². The van der Waals surface area contributed by atoms with E-state index >= 15 is 0 Å². The highest BCUT2D eigenvalue weighted by molar-refractivity contribution is 4.70. The first-order valence-corrected chi connectivity index (χ1v) is 6.46. The Labute approximate surface area is 106 Å². The van der Waals surface area contributed by atoms with Gasteiger partial charge in [-0.25, -0.2) is 8.78 Å². The molecule has 5 heteroatoms. The molecule has 0 N–H and O–H groups in total. The largest absolute Gasteiger partial charge is 0.389 e. The summed E-state index contributed by atoms with van der Waals surface area (Å²) in [6, 6.07) is 0. The van der Waals surface area contributed by atoms with Crippen LogP contribution in [0.4, 0.5) is 22.0 Å². The van der Waals surface area contributed by atoms with Crippen LogP contribution in [0.1, 0.15) is 59.3 Å². The summed E-state index contributed by atoms with van der Waals surface area (Å²) in [6.45, 7) is 5.21. The monoisotopic (exact) mass is 274 g/mol. The summed E-state index contributed by atoms with van der Waals surface area (Å²) in [5, 5.41) is 0. The molecule has 0 aliphatic rings. The zero-order chi connectivity index (χ0) is 14.4. The lowest BCUT2D eigenvalue weighted by Crippen LogP contribution is -2.20. The van der Waals surface area contributed by atoms with E-state index in [1.807, 2.05) is 0 Å². The molecule has 0 saturated carbocycles. The molecule has 0 aromatic heterocycles. The van der Waals surface area contributed by atoms with Crippen molar-refractivity contribution in [2.24, 2.45) is 11.8 Å². The molecule has 1 atom stereocenters. The molecule has 0 aliphatic carbocycles. The van der Waals surface area contributed by atoms with Crippen molar-refractivity contribution in [2.75, 3.05) is 0 Å². The number of rotatable bonds is 8. The molecule has 0 aromatic rings. The highest BCUT2D eigenvalue weighted by Crippen LogP contribution is 2.31. The molecule has 0 fully saturated rings. The molecule has 0 saturated heterocycles. The quantitative estimate of drug-likeness (QED) is 0.489. The normalized spacial score (nSPS) is 15.2. The smallest absolute Gasteiger partial charge is 0.207 e. The third kappa shape index (κ3) is 10.8. The van der Waals surface area contributed by atoms with Gasteiger partial charge in [0.1, 0.15) is 0 Å². The fourth-order valence-corrected chi connectivity index (χ4v) is 1.95. The van der Waals surface area contributed by atoms with Crippen LogP contribution in [0.5, 0.6) is 0 Å². The van der Waals surface area contributed by atoms with E-state index in [0.29, 0.717) is 6.42 Å². The number of hydrogen-bond donors (Lipinski definition) is 0. The minimum Gasteiger partial charge on any atom is -0.207 e. The van der Waals surface area contributed by atoms with Gasteiger partial charge in [0.05, 0.1) is 0 Å². The first-order valence-electron chi connectivity index (χ1n) is 6.46. The number of hydrogen-bond acceptors (Lipinski definition) is 0. The first kappa shape index (κ1) is 17.6. The summed E-state index contributed by atoms with van der Waals surface area (Å²) in [5.74, 6) is -2.84. The van der Waals surface area contributed by atoms with E-state index in [4.69, 9.17) is 0 Å². The second kappa shape index (κ2) is 7.29. The van der Waals surface area contributed by atoms with Crippen molar-refractivity contribution in [2.45, 2.75) is 71.4 Å². The summed E-state index contributed by atoms with van der Waals surface area (Å²) < 4.78 is 62.4. The van der Waals surface area contributed by atoms with Gasteiger partial charge in [0.15, 0.2) is 0 Å². The molecule has 18 heavy (non-hydrogen) atoms. The summed E-state index contributed by atoms with van der Waals surface area (Å²) in [6.07, 6.45) is -4.66. The maximum absolute atomic E-state index is 13.4. The lowest BCUT2D eigenvalue weighted by Gasteiger charge is -2.20. The molecule has 110 valence electrons. The first-order chi connectivity index (χ1) is 8.02. The van der Waals surface area contributed by atoms with Crippen molar-refractivity contribution in [3.05, 3.63) is 0 Å². The maximum Gasteiger partial charge on any atom is 0.389 e. The second-order valence-corrected chi connectivity index (χ2v) is 5.61. The summed E-state index contributed by atoms with van der Waals surface area (Å²) >= 11 is 0. The second-order valence-electron chi connectivity index (χ2n) is 5.61. The Hall–Kier alpha value is -0.350. The van der Waals surface area contributed by atoms with Gasteiger partial charge < -0.3 is 0 Å². The van der Waals surface area contributed by atoms with Crippen molar-refractivity contribution >= 4 is 0 Å². The van der Waals surface area contributed by atoms with Crippen LogP contribution in [0.15, 0.2) is 0 Å². The van der Waals surface area contributed by atoms with Crippen molar-refractivity contribution in [1.29, 1.82) is 0 Å². The predicted molar refractivity (Wildman–Crippen MR) is 62.7 cm³/mol. The minimum absolute atomic E-state index is 0.0282. The average molecular weight is 274 g/mol. The molecule has 0 aliphatic heterocycles. The Morgan fingerprint density at radius 1 is 0.833 bits per heavy atom. The van der Waals surface area contributed by atoms with E-state index in [1.165, 1.54) is 0 Å². The molecule has 0 rings (SSSR count). The van der Waals surface area contributed by atoms with Crippen molar-refractivity contribution in [1.82, 2.24) is 0 Å². The molecule has 1 unspecified atom stereocenters. The van der Waals surface area contributed by atoms with E-state index < -0.39 is 18.5 Å². The third-order valence-electron chi connectivity index (χ3n) is 2.87. The molecule has 0 heterocycles. The molecule has 0 bridgehead atoms. The molecule has 0 radical (unpaired) electrons. The maximum atomic E-state index is 13.4. The van der Waals surface area contributed by atoms with Gasteiger partial charge in [-0.3, -0.25) is 0 Å². The van der Waals surface area contributed by atoms with Gasteiger partial charge >= 0.3 is 6.18 Å². The lowest BCUT2D eigenvalue weighted by molar-refractivity contribution is -0.136. The van der Waals surface area contributed by atoms with Gasteiger partial charge in [0.2, 0.25) is 5.92 Å². The SMILES string of the molecule is CC(C)CC(F)(F)CCC(C)CCCC(F)(F)F. The number of halogens is 5. The Morgan fingerprint density at radius 3 is 1.83 bits per heavy atom. The van der Waals surface area contributed by atoms with Gasteiger partial charge in [-0.1, -0.05) is 27.2 Å². The average Bonchev–Trinajstić information content (AvgIpc) is 2.10. The van der Waals surface area contributed by atoms with Crippen LogP contribution < -0.4 is 0 Å². The predicted octanol–water partition coefficient (Wildman–Crippen LogP) is 5.82. The van der Waals surface area contributed by atoms with Crippen LogP contribution in [0.2, 0.25) is 0 Å². The minimum atomic E-state index is -4.14. The molecule has 0 spiro atoms. The fourth-order valence-electron chi connectivity index (χ4n) is 1.95. The van der Waals surface area contributed by atoms with Gasteiger partial charge in [-0.2, -0.15) is 13.2 Å². The van der Waals surface area contributed by atoms with Gasteiger partial charge in [0, 0.05) is 19.3 Å². The molecule has 0 amide bonds. The van der Waals surface area contributed by atoms with E-state index in [2.05, 4.69) is 0 Å². The summed E-state index contributed by atoms with van der Waals surface area (Å²) in [5.41, 5.74) is 0. The van der Waals surface area contributed by atoms with E-state index in [9.17, 15) is 22.0 Å². The van der Waals surface area contributed by atoms with E-state index in [1.54, 1.807) is 20.8 Å². The lowest BCUT2D eigenvalue weighted by atomic mass is 9.94. The highest BCUT2D eigenvalue weighted by Gasteiger charge is 2.30. The Morgan fingerprint density at radius 2 is 1.39 bits per heavy atom. The van der Waals surface area contributed by atoms with E-state index in [-0.39, 0.29) is 37.5 Å². The van der Waals surface area contributed by atoms with E-state index in [0.717, 1.165) is 0 Å². The number of alkyl halides is 5. The molecular formula is C13H23F5.